The minimum atomic E-state index is -6.09. The summed E-state index contributed by atoms with van der Waals surface area (Å²) < 4.78 is 136. The van der Waals surface area contributed by atoms with Crippen LogP contribution < -0.4 is 5.26 Å². The van der Waals surface area contributed by atoms with Crippen LogP contribution in [0.2, 0.25) is 0 Å². The van der Waals surface area contributed by atoms with Crippen LogP contribution in [0.25, 0.3) is 0 Å². The van der Waals surface area contributed by atoms with Gasteiger partial charge in [0.15, 0.2) is 79.7 Å². The van der Waals surface area contributed by atoms with Gasteiger partial charge in [0.05, 0.1) is 23.2 Å². The summed E-state index contributed by atoms with van der Waals surface area (Å²) in [5, 5.41) is 13.5. The maximum Gasteiger partial charge on any atom is 0.485 e. The Labute approximate surface area is 738 Å². The van der Waals surface area contributed by atoms with Crippen molar-refractivity contribution in [3.63, 3.8) is 0 Å². The summed E-state index contributed by atoms with van der Waals surface area (Å²) in [6, 6.07) is 23.0. The molecule has 3 aromatic rings. The van der Waals surface area contributed by atoms with Crippen molar-refractivity contribution >= 4 is 122 Å². The molecule has 5 aliphatic heterocycles. The van der Waals surface area contributed by atoms with Crippen LogP contribution >= 0.6 is 12.0 Å². The van der Waals surface area contributed by atoms with Crippen LogP contribution in [0, 0.1) is 11.8 Å². The Balaban J connectivity index is 0.000000707. The number of alkyl halides is 9. The molecule has 0 spiro atoms. The number of rotatable bonds is 39. The largest absolute Gasteiger partial charge is 0.741 e. The zero-order valence-electron chi connectivity index (χ0n) is 74.8. The van der Waals surface area contributed by atoms with E-state index in [-0.39, 0.29) is 65.0 Å². The molecule has 0 saturated carbocycles. The standard InChI is InChI=1S/C23H45OS.C19H34O2S2.C13H25OS.C13H19OS.C8H4F6O3S.C8H15OS.C6H6.CHF3O3S/c1-3-5-7-9-11-12-14-18-22(24)23(25-20-16-17-21-25)19-15-13-10-8-6-4-2;1-18(2,22-12-5-6-13-22)16(20)10-9-11-17(21)19(3,4)23-14-7-8-15-23;1-10(2)9-12(14)13(11(3)4)15-7-5-6-8-15;1-5-12(14)13(2,3)15(4)11-9-7-6-8-10-11;9-7(10,11)4-1-5(8(12,13)14)3-6(2-4)18-17-16-15;1-7(9)8(2)10-5-3-4-6-10;1-2-4-6-5-3-1;2-1(3,4)8(5,6)7/h23H,3-21H2,1-2H3;5-15H2,1-4H3;10-11,13H,5-9H2,1-4H3;6-10H,5H2,1-4H3;1-3,15H;8H,3-6H2,1-2H3;1-6H;(H,5,6,7)/q+1;+2;2*+1;;+1;;/p-2. The summed E-state index contributed by atoms with van der Waals surface area (Å²) in [6.45, 7) is 31.6. The van der Waals surface area contributed by atoms with Gasteiger partial charge < -0.3 is 9.81 Å². The lowest BCUT2D eigenvalue weighted by Gasteiger charge is -2.23. The van der Waals surface area contributed by atoms with Crippen molar-refractivity contribution in [1.29, 1.82) is 0 Å². The van der Waals surface area contributed by atoms with Gasteiger partial charge in [0.2, 0.25) is 0 Å². The van der Waals surface area contributed by atoms with Gasteiger partial charge >= 0.3 is 17.9 Å². The van der Waals surface area contributed by atoms with Crippen molar-refractivity contribution in [3.05, 3.63) is 96.1 Å². The number of hydrogen-bond acceptors (Lipinski definition) is 13. The molecule has 0 N–H and O–H groups in total. The molecule has 0 bridgehead atoms. The van der Waals surface area contributed by atoms with Crippen molar-refractivity contribution in [2.75, 3.05) is 63.8 Å². The SMILES string of the molecule is CC(=O)C(C)[S+]1CCCC1.CC(C)(C(=O)CCCC(=O)C(C)(C)[S+]1CCCC1)[S+]1CCCC1.CC(C)CC(=O)C(C(C)C)[S+]1CCCC1.CCC(=O)C(C)(C)[S+](C)c1ccccc1.CCCCCCCCCC(=O)C(CCCCCCCC)[S+]1CCCC1.O=S(=O)([O-])C(F)(F)F.[O-]OOSc1cc(C(F)(F)F)cc(C(F)(F)F)c1.c1ccccc1. The normalized spacial score (nSPS) is 16.8. The Morgan fingerprint density at radius 1 is 0.492 bits per heavy atom. The summed E-state index contributed by atoms with van der Waals surface area (Å²) in [4.78, 5) is 73.8. The molecule has 0 aliphatic carbocycles. The van der Waals surface area contributed by atoms with Crippen molar-refractivity contribution < 1.29 is 95.9 Å². The van der Waals surface area contributed by atoms with Crippen LogP contribution in [0.3, 0.4) is 0 Å². The third-order valence-electron chi connectivity index (χ3n) is 21.9. The summed E-state index contributed by atoms with van der Waals surface area (Å²) in [7, 11) is -4.29. The lowest BCUT2D eigenvalue weighted by atomic mass is 9.98. The maximum atomic E-state index is 12.8. The molecule has 29 heteroatoms. The van der Waals surface area contributed by atoms with Gasteiger partial charge in [-0.3, -0.25) is 33.8 Å². The first-order chi connectivity index (χ1) is 56.2. The number of unbranched alkanes of at least 4 members (excludes halogenated alkanes) is 11. The van der Waals surface area contributed by atoms with E-state index >= 15 is 0 Å². The van der Waals surface area contributed by atoms with Crippen molar-refractivity contribution in [3.8, 4) is 0 Å². The second-order valence-electron chi connectivity index (χ2n) is 33.4. The van der Waals surface area contributed by atoms with Gasteiger partial charge in [-0.25, -0.2) is 8.42 Å². The van der Waals surface area contributed by atoms with E-state index in [1.165, 1.54) is 210 Å². The minimum absolute atomic E-state index is 0.0233. The van der Waals surface area contributed by atoms with E-state index in [1.54, 1.807) is 6.92 Å². The summed E-state index contributed by atoms with van der Waals surface area (Å²) in [5.41, 5.74) is -8.66. The predicted molar refractivity (Wildman–Crippen MR) is 490 cm³/mol. The third kappa shape index (κ3) is 46.3. The summed E-state index contributed by atoms with van der Waals surface area (Å²) in [5.74, 6) is 16.6. The first kappa shape index (κ1) is 115. The molecule has 690 valence electrons. The molecular weight excluding hydrogens is 1710 g/mol. The van der Waals surface area contributed by atoms with E-state index in [1.807, 2.05) is 61.5 Å². The molecule has 0 aromatic heterocycles. The van der Waals surface area contributed by atoms with Crippen LogP contribution in [0.15, 0.2) is 94.7 Å². The highest BCUT2D eigenvalue weighted by Gasteiger charge is 2.50. The van der Waals surface area contributed by atoms with Crippen molar-refractivity contribution in [2.24, 2.45) is 11.8 Å². The number of ketones is 6. The Morgan fingerprint density at radius 2 is 0.858 bits per heavy atom. The number of halogens is 9. The number of Topliss-reactive ketones (excluding diaryl/α,β-unsaturated/α-hetero) is 6. The van der Waals surface area contributed by atoms with Gasteiger partial charge in [-0.15, -0.1) is 0 Å². The smallest absolute Gasteiger partial charge is 0.485 e. The minimum Gasteiger partial charge on any atom is -0.741 e. The second-order valence-corrected chi connectivity index (χ2v) is 51.1. The topological polar surface area (TPSA) is 201 Å². The molecule has 5 fully saturated rings. The van der Waals surface area contributed by atoms with Crippen LogP contribution in [0.5, 0.6) is 0 Å². The highest BCUT2D eigenvalue weighted by Crippen LogP contribution is 2.40. The summed E-state index contributed by atoms with van der Waals surface area (Å²) in [6.07, 6.45) is 28.3. The molecule has 12 nitrogen and oxygen atoms in total. The lowest BCUT2D eigenvalue weighted by Crippen LogP contribution is -2.43. The second kappa shape index (κ2) is 60.9. The Morgan fingerprint density at radius 3 is 1.22 bits per heavy atom. The highest BCUT2D eigenvalue weighted by atomic mass is 32.2. The quantitative estimate of drug-likeness (QED) is 0.00764. The fraction of sp³-hybridized carbons (Fsp3) is 0.736. The fourth-order valence-electron chi connectivity index (χ4n) is 14.3. The highest BCUT2D eigenvalue weighted by molar-refractivity contribution is 8.00. The number of carbonyl (C=O) groups is 6. The van der Waals surface area contributed by atoms with E-state index in [0.717, 1.165) is 25.7 Å². The van der Waals surface area contributed by atoms with Crippen LogP contribution in [-0.2, 0) is 126 Å². The van der Waals surface area contributed by atoms with E-state index in [4.69, 9.17) is 13.0 Å². The summed E-state index contributed by atoms with van der Waals surface area (Å²) >= 11 is -0.0537. The molecule has 4 atom stereocenters. The lowest BCUT2D eigenvalue weighted by molar-refractivity contribution is -0.777. The Kier molecular flexibility index (Phi) is 58.5. The molecule has 3 aromatic carbocycles. The van der Waals surface area contributed by atoms with E-state index in [9.17, 15) is 73.5 Å². The first-order valence-electron chi connectivity index (χ1n) is 43.3. The van der Waals surface area contributed by atoms with E-state index in [0.29, 0.717) is 126 Å². The number of benzene rings is 3. The molecule has 4 unspecified atom stereocenters. The van der Waals surface area contributed by atoms with Gasteiger partial charge in [0.25, 0.3) is 0 Å². The number of carbonyl (C=O) groups excluding carboxylic acids is 6. The van der Waals surface area contributed by atoms with Gasteiger partial charge in [0, 0.05) is 82.0 Å². The van der Waals surface area contributed by atoms with E-state index < -0.39 is 44.0 Å². The zero-order valence-corrected chi connectivity index (χ0v) is 81.4. The van der Waals surface area contributed by atoms with Gasteiger partial charge in [-0.05, 0) is 208 Å². The van der Waals surface area contributed by atoms with Crippen LogP contribution in [0.4, 0.5) is 39.5 Å². The average molecular weight is 1860 g/mol. The van der Waals surface area contributed by atoms with Crippen molar-refractivity contribution in [2.45, 2.75) is 354 Å². The molecule has 0 amide bonds. The zero-order chi connectivity index (χ0) is 90.9. The molecule has 8 rings (SSSR count). The van der Waals surface area contributed by atoms with Crippen LogP contribution in [0.1, 0.15) is 308 Å². The molecular formula is C91H147F9O12S8+4. The predicted octanol–water partition coefficient (Wildman–Crippen LogP) is 23.1. The Hall–Kier alpha value is -2.71. The Bertz CT molecular complexity index is 3310. The first-order valence-corrected chi connectivity index (χ1v) is 55.1. The molecule has 5 aliphatic rings. The molecule has 5 heterocycles. The molecule has 0 radical (unpaired) electrons. The van der Waals surface area contributed by atoms with Crippen LogP contribution in [-0.4, -0.2) is 147 Å². The van der Waals surface area contributed by atoms with E-state index in [2.05, 4.69) is 118 Å². The van der Waals surface area contributed by atoms with Gasteiger partial charge in [0.1, 0.15) is 63.8 Å². The maximum absolute atomic E-state index is 12.8. The fourth-order valence-corrected chi connectivity index (χ4v) is 30.4. The molecule has 5 saturated heterocycles. The average Bonchev–Trinajstić information content (AvgIpc) is 1.02. The molecule has 120 heavy (non-hydrogen) atoms. The van der Waals surface area contributed by atoms with Gasteiger partial charge in [-0.2, -0.15) is 43.8 Å². The van der Waals surface area contributed by atoms with Gasteiger partial charge in [-0.1, -0.05) is 174 Å². The number of hydrogen-bond donors (Lipinski definition) is 0. The monoisotopic (exact) mass is 1860 g/mol. The van der Waals surface area contributed by atoms with Crippen molar-refractivity contribution in [1.82, 2.24) is 0 Å². The third-order valence-corrected chi connectivity index (χ3v) is 41.3.